The van der Waals surface area contributed by atoms with Crippen molar-refractivity contribution in [2.24, 2.45) is 5.92 Å². The predicted molar refractivity (Wildman–Crippen MR) is 88.2 cm³/mol. The molecule has 0 amide bonds. The van der Waals surface area contributed by atoms with Crippen LogP contribution in [0.15, 0.2) is 42.6 Å². The molecule has 1 aromatic heterocycles. The van der Waals surface area contributed by atoms with E-state index in [0.717, 1.165) is 22.6 Å². The maximum Gasteiger partial charge on any atom is 0.313 e. The summed E-state index contributed by atoms with van der Waals surface area (Å²) in [5, 5.41) is 0. The third kappa shape index (κ3) is 3.70. The molecule has 2 aromatic rings. The molecule has 2 heterocycles. The Morgan fingerprint density at radius 2 is 2.09 bits per heavy atom. The molecule has 0 saturated carbocycles. The van der Waals surface area contributed by atoms with Crippen molar-refractivity contribution < 1.29 is 14.3 Å². The average Bonchev–Trinajstić information content (AvgIpc) is 2.53. The van der Waals surface area contributed by atoms with Gasteiger partial charge in [0.1, 0.15) is 18.0 Å². The van der Waals surface area contributed by atoms with Crippen molar-refractivity contribution in [3.05, 3.63) is 48.2 Å². The van der Waals surface area contributed by atoms with Crippen molar-refractivity contribution in [2.45, 2.75) is 32.8 Å². The number of carbonyl (C=O) groups excluding carboxylic acids is 1. The summed E-state index contributed by atoms with van der Waals surface area (Å²) in [5.74, 6) is 0.372. The Morgan fingerprint density at radius 1 is 1.26 bits per heavy atom. The van der Waals surface area contributed by atoms with Crippen LogP contribution in [0.25, 0.3) is 11.3 Å². The van der Waals surface area contributed by atoms with Crippen LogP contribution < -0.4 is 4.74 Å². The van der Waals surface area contributed by atoms with E-state index in [2.05, 4.69) is 4.98 Å². The van der Waals surface area contributed by atoms with Crippen LogP contribution in [-0.2, 0) is 16.0 Å². The first-order valence-electron chi connectivity index (χ1n) is 7.82. The molecular weight excluding hydrogens is 290 g/mol. The normalized spacial score (nSPS) is 17.1. The molecule has 0 bridgehead atoms. The molecule has 0 radical (unpaired) electrons. The third-order valence-electron chi connectivity index (χ3n) is 3.67. The molecule has 120 valence electrons. The summed E-state index contributed by atoms with van der Waals surface area (Å²) in [6.07, 6.45) is 2.40. The number of aromatic nitrogens is 1. The first-order valence-corrected chi connectivity index (χ1v) is 7.82. The highest BCUT2D eigenvalue weighted by molar-refractivity contribution is 5.74. The number of hydrogen-bond donors (Lipinski definition) is 0. The number of benzene rings is 1. The van der Waals surface area contributed by atoms with Gasteiger partial charge in [0.25, 0.3) is 0 Å². The largest absolute Gasteiger partial charge is 0.492 e. The summed E-state index contributed by atoms with van der Waals surface area (Å²) in [6.45, 7) is 6.00. The van der Waals surface area contributed by atoms with Gasteiger partial charge < -0.3 is 9.47 Å². The minimum Gasteiger partial charge on any atom is -0.492 e. The topological polar surface area (TPSA) is 48.4 Å². The number of hydrogen-bond acceptors (Lipinski definition) is 4. The van der Waals surface area contributed by atoms with Gasteiger partial charge in [-0.2, -0.15) is 0 Å². The quantitative estimate of drug-likeness (QED) is 0.795. The Labute approximate surface area is 136 Å². The second-order valence-electron chi connectivity index (χ2n) is 6.78. The number of esters is 1. The van der Waals surface area contributed by atoms with Crippen molar-refractivity contribution in [1.29, 1.82) is 0 Å². The summed E-state index contributed by atoms with van der Waals surface area (Å²) >= 11 is 0. The molecule has 0 spiro atoms. The second kappa shape index (κ2) is 6.03. The Morgan fingerprint density at radius 3 is 2.78 bits per heavy atom. The molecule has 0 fully saturated rings. The molecule has 23 heavy (non-hydrogen) atoms. The van der Waals surface area contributed by atoms with Crippen molar-refractivity contribution in [3.8, 4) is 17.0 Å². The number of fused-ring (bicyclic) bond motifs is 1. The van der Waals surface area contributed by atoms with Crippen molar-refractivity contribution >= 4 is 5.97 Å². The van der Waals surface area contributed by atoms with E-state index >= 15 is 0 Å². The van der Waals surface area contributed by atoms with E-state index in [1.165, 1.54) is 0 Å². The highest BCUT2D eigenvalue weighted by Crippen LogP contribution is 2.32. The minimum atomic E-state index is -0.479. The smallest absolute Gasteiger partial charge is 0.313 e. The maximum absolute atomic E-state index is 12.3. The van der Waals surface area contributed by atoms with Gasteiger partial charge in [0, 0.05) is 11.8 Å². The van der Waals surface area contributed by atoms with Crippen LogP contribution in [0.4, 0.5) is 0 Å². The van der Waals surface area contributed by atoms with E-state index in [-0.39, 0.29) is 11.9 Å². The summed E-state index contributed by atoms with van der Waals surface area (Å²) in [4.78, 5) is 16.6. The number of pyridine rings is 1. The average molecular weight is 311 g/mol. The van der Waals surface area contributed by atoms with Gasteiger partial charge >= 0.3 is 5.97 Å². The Bertz CT molecular complexity index is 704. The fraction of sp³-hybridized carbons (Fsp3) is 0.368. The molecular formula is C19H21NO3. The third-order valence-corrected chi connectivity index (χ3v) is 3.67. The zero-order chi connectivity index (χ0) is 16.4. The fourth-order valence-electron chi connectivity index (χ4n) is 2.62. The predicted octanol–water partition coefficient (Wildman–Crippen LogP) is 3.64. The lowest BCUT2D eigenvalue weighted by molar-refractivity contribution is -0.161. The molecule has 1 aliphatic heterocycles. The number of rotatable bonds is 2. The number of ether oxygens (including phenoxy) is 2. The maximum atomic E-state index is 12.3. The molecule has 0 aliphatic carbocycles. The highest BCUT2D eigenvalue weighted by atomic mass is 16.6. The summed E-state index contributed by atoms with van der Waals surface area (Å²) in [5.41, 5.74) is 2.48. The molecule has 3 rings (SSSR count). The minimum absolute atomic E-state index is 0.202. The number of nitrogens with zero attached hydrogens (tertiary/aromatic N) is 1. The van der Waals surface area contributed by atoms with Crippen LogP contribution in [-0.4, -0.2) is 23.2 Å². The van der Waals surface area contributed by atoms with E-state index in [9.17, 15) is 4.79 Å². The van der Waals surface area contributed by atoms with E-state index < -0.39 is 5.60 Å². The second-order valence-corrected chi connectivity index (χ2v) is 6.78. The Hall–Kier alpha value is -2.36. The van der Waals surface area contributed by atoms with Crippen molar-refractivity contribution in [3.63, 3.8) is 0 Å². The van der Waals surface area contributed by atoms with Crippen molar-refractivity contribution in [2.75, 3.05) is 6.61 Å². The highest BCUT2D eigenvalue weighted by Gasteiger charge is 2.30. The molecule has 4 nitrogen and oxygen atoms in total. The Kier molecular flexibility index (Phi) is 4.07. The van der Waals surface area contributed by atoms with Gasteiger partial charge in [0.05, 0.1) is 11.6 Å². The zero-order valence-electron chi connectivity index (χ0n) is 13.7. The summed E-state index contributed by atoms with van der Waals surface area (Å²) < 4.78 is 11.2. The molecule has 1 unspecified atom stereocenters. The van der Waals surface area contributed by atoms with E-state index in [0.29, 0.717) is 13.0 Å². The van der Waals surface area contributed by atoms with Crippen LogP contribution in [0.3, 0.4) is 0 Å². The van der Waals surface area contributed by atoms with Crippen LogP contribution in [0.1, 0.15) is 26.3 Å². The molecule has 0 N–H and O–H groups in total. The first-order chi connectivity index (χ1) is 10.9. The lowest BCUT2D eigenvalue weighted by Gasteiger charge is -2.28. The van der Waals surface area contributed by atoms with Crippen LogP contribution in [0, 0.1) is 5.92 Å². The van der Waals surface area contributed by atoms with Gasteiger partial charge in [-0.15, -0.1) is 0 Å². The van der Waals surface area contributed by atoms with Gasteiger partial charge in [-0.3, -0.25) is 9.78 Å². The van der Waals surface area contributed by atoms with Gasteiger partial charge in [-0.05, 0) is 63.1 Å². The molecule has 1 aromatic carbocycles. The summed E-state index contributed by atoms with van der Waals surface area (Å²) in [7, 11) is 0. The van der Waals surface area contributed by atoms with Crippen molar-refractivity contribution in [1.82, 2.24) is 4.98 Å². The summed E-state index contributed by atoms with van der Waals surface area (Å²) in [6, 6.07) is 11.8. The molecule has 1 aliphatic rings. The van der Waals surface area contributed by atoms with Gasteiger partial charge in [-0.25, -0.2) is 0 Å². The molecule has 4 heteroatoms. The van der Waals surface area contributed by atoms with Crippen LogP contribution in [0.5, 0.6) is 5.75 Å². The fourth-order valence-corrected chi connectivity index (χ4v) is 2.62. The van der Waals surface area contributed by atoms with E-state index in [1.807, 2.05) is 57.2 Å². The lowest BCUT2D eigenvalue weighted by atomic mass is 9.94. The Balaban J connectivity index is 1.81. The molecule has 0 saturated heterocycles. The standard InChI is InChI=1S/C19H21NO3/c1-19(2,3)23-18(21)15-11-14-10-13(7-8-17(14)22-12-15)16-6-4-5-9-20-16/h4-10,15H,11-12H2,1-3H3. The number of carbonyl (C=O) groups is 1. The van der Waals surface area contributed by atoms with Gasteiger partial charge in [-0.1, -0.05) is 6.07 Å². The first kappa shape index (κ1) is 15.5. The van der Waals surface area contributed by atoms with Crippen LogP contribution in [0.2, 0.25) is 0 Å². The van der Waals surface area contributed by atoms with E-state index in [4.69, 9.17) is 9.47 Å². The zero-order valence-corrected chi connectivity index (χ0v) is 13.7. The van der Waals surface area contributed by atoms with Gasteiger partial charge in [0.15, 0.2) is 0 Å². The van der Waals surface area contributed by atoms with Gasteiger partial charge in [0.2, 0.25) is 0 Å². The van der Waals surface area contributed by atoms with E-state index in [1.54, 1.807) is 6.20 Å². The monoisotopic (exact) mass is 311 g/mol. The molecule has 1 atom stereocenters. The SMILES string of the molecule is CC(C)(C)OC(=O)C1COc2ccc(-c3ccccn3)cc2C1. The lowest BCUT2D eigenvalue weighted by Crippen LogP contribution is -2.34. The van der Waals surface area contributed by atoms with Crippen LogP contribution >= 0.6 is 0 Å².